The van der Waals surface area contributed by atoms with Crippen LogP contribution in [0.4, 0.5) is 16.0 Å². The Morgan fingerprint density at radius 2 is 1.89 bits per heavy atom. The number of rotatable bonds is 4. The predicted molar refractivity (Wildman–Crippen MR) is 127 cm³/mol. The molecule has 10 heteroatoms. The lowest BCUT2D eigenvalue weighted by Gasteiger charge is -2.22. The summed E-state index contributed by atoms with van der Waals surface area (Å²) in [4.78, 5) is 35.7. The summed E-state index contributed by atoms with van der Waals surface area (Å²) < 4.78 is 15.2. The highest BCUT2D eigenvalue weighted by Gasteiger charge is 2.48. The Bertz CT molecular complexity index is 1600. The number of halogens is 1. The topological polar surface area (TPSA) is 124 Å². The van der Waals surface area contributed by atoms with E-state index < -0.39 is 5.41 Å². The summed E-state index contributed by atoms with van der Waals surface area (Å²) in [6.07, 6.45) is 7.29. The van der Waals surface area contributed by atoms with E-state index in [1.807, 2.05) is 10.5 Å². The summed E-state index contributed by atoms with van der Waals surface area (Å²) in [6.45, 7) is 1.76. The van der Waals surface area contributed by atoms with Gasteiger partial charge in [-0.3, -0.25) is 9.78 Å². The van der Waals surface area contributed by atoms with Crippen molar-refractivity contribution in [3.8, 4) is 11.5 Å². The van der Waals surface area contributed by atoms with Crippen molar-refractivity contribution < 1.29 is 9.18 Å². The normalized spacial score (nSPS) is 16.9. The van der Waals surface area contributed by atoms with Crippen molar-refractivity contribution in [1.29, 1.82) is 0 Å². The summed E-state index contributed by atoms with van der Waals surface area (Å²) in [5.41, 5.74) is 9.01. The molecule has 0 bridgehead atoms. The molecule has 1 aromatic carbocycles. The van der Waals surface area contributed by atoms with Gasteiger partial charge in [0.05, 0.1) is 17.0 Å². The van der Waals surface area contributed by atoms with Crippen LogP contribution >= 0.6 is 0 Å². The van der Waals surface area contributed by atoms with E-state index in [-0.39, 0.29) is 23.4 Å². The van der Waals surface area contributed by atoms with E-state index in [0.29, 0.717) is 40.5 Å². The molecule has 4 aromatic heterocycles. The number of anilines is 2. The Balaban J connectivity index is 1.46. The molecule has 1 atom stereocenters. The van der Waals surface area contributed by atoms with E-state index in [1.165, 1.54) is 12.1 Å². The van der Waals surface area contributed by atoms with E-state index in [0.717, 1.165) is 5.56 Å². The lowest BCUT2D eigenvalue weighted by molar-refractivity contribution is -0.119. The van der Waals surface area contributed by atoms with Crippen LogP contribution < -0.4 is 11.1 Å². The van der Waals surface area contributed by atoms with Gasteiger partial charge in [0.1, 0.15) is 28.6 Å². The number of imidazole rings is 1. The van der Waals surface area contributed by atoms with Crippen LogP contribution in [-0.2, 0) is 16.6 Å². The smallest absolute Gasteiger partial charge is 0.242 e. The summed E-state index contributed by atoms with van der Waals surface area (Å²) in [7, 11) is 0. The molecule has 0 radical (unpaired) electrons. The molecular weight excluding hydrogens is 447 g/mol. The van der Waals surface area contributed by atoms with Crippen LogP contribution in [0, 0.1) is 5.82 Å². The molecule has 9 nitrogen and oxygen atoms in total. The third-order valence-electron chi connectivity index (χ3n) is 6.26. The van der Waals surface area contributed by atoms with Crippen molar-refractivity contribution in [1.82, 2.24) is 29.3 Å². The average molecular weight is 466 g/mol. The quantitative estimate of drug-likeness (QED) is 0.417. The molecule has 0 saturated carbocycles. The number of nitrogens with two attached hydrogens (primary N) is 1. The average Bonchev–Trinajstić information content (AvgIpc) is 3.44. The maximum atomic E-state index is 13.4. The molecule has 1 aliphatic heterocycles. The fraction of sp³-hybridized carbons (Fsp3) is 0.120. The second kappa shape index (κ2) is 7.66. The van der Waals surface area contributed by atoms with Crippen molar-refractivity contribution in [2.45, 2.75) is 18.8 Å². The summed E-state index contributed by atoms with van der Waals surface area (Å²) in [5, 5.41) is 2.84. The van der Waals surface area contributed by atoms with Gasteiger partial charge in [-0.15, -0.1) is 0 Å². The SMILES string of the molecule is CC1(c2ccccn2)C(=O)Nc2nc(-c3cn4ccnc4c(Cc4ccc(F)cc4)n3)nc(N)c21. The summed E-state index contributed by atoms with van der Waals surface area (Å²) in [6, 6.07) is 11.6. The first kappa shape index (κ1) is 20.8. The van der Waals surface area contributed by atoms with Crippen LogP contribution in [0.25, 0.3) is 17.2 Å². The van der Waals surface area contributed by atoms with Crippen molar-refractivity contribution in [2.24, 2.45) is 0 Å². The number of nitrogens with one attached hydrogen (secondary N) is 1. The number of benzene rings is 1. The largest absolute Gasteiger partial charge is 0.383 e. The van der Waals surface area contributed by atoms with Crippen LogP contribution in [0.5, 0.6) is 0 Å². The monoisotopic (exact) mass is 466 g/mol. The fourth-order valence-corrected chi connectivity index (χ4v) is 4.44. The van der Waals surface area contributed by atoms with Crippen LogP contribution in [0.3, 0.4) is 0 Å². The molecular formula is C25H19FN8O. The van der Waals surface area contributed by atoms with Gasteiger partial charge in [-0.05, 0) is 36.8 Å². The van der Waals surface area contributed by atoms with Crippen LogP contribution in [-0.4, -0.2) is 35.2 Å². The number of carbonyl (C=O) groups is 1. The van der Waals surface area contributed by atoms with Gasteiger partial charge in [0.25, 0.3) is 0 Å². The highest BCUT2D eigenvalue weighted by atomic mass is 19.1. The first-order chi connectivity index (χ1) is 16.9. The Morgan fingerprint density at radius 3 is 2.66 bits per heavy atom. The number of hydrogen-bond acceptors (Lipinski definition) is 7. The highest BCUT2D eigenvalue weighted by Crippen LogP contribution is 2.44. The van der Waals surface area contributed by atoms with E-state index in [9.17, 15) is 9.18 Å². The van der Waals surface area contributed by atoms with Gasteiger partial charge in [0.2, 0.25) is 5.91 Å². The molecule has 5 heterocycles. The van der Waals surface area contributed by atoms with Gasteiger partial charge in [-0.2, -0.15) is 0 Å². The molecule has 1 amide bonds. The van der Waals surface area contributed by atoms with Crippen LogP contribution in [0.2, 0.25) is 0 Å². The minimum absolute atomic E-state index is 0.170. The Morgan fingerprint density at radius 1 is 1.06 bits per heavy atom. The second-order valence-corrected chi connectivity index (χ2v) is 8.48. The van der Waals surface area contributed by atoms with Crippen LogP contribution in [0.15, 0.2) is 67.3 Å². The van der Waals surface area contributed by atoms with Crippen LogP contribution in [0.1, 0.15) is 29.4 Å². The Labute approximate surface area is 198 Å². The number of nitrogens with zero attached hydrogens (tertiary/aromatic N) is 6. The molecule has 3 N–H and O–H groups in total. The zero-order valence-electron chi connectivity index (χ0n) is 18.6. The molecule has 1 aliphatic rings. The van der Waals surface area contributed by atoms with Gasteiger partial charge in [0.15, 0.2) is 11.5 Å². The maximum Gasteiger partial charge on any atom is 0.242 e. The molecule has 172 valence electrons. The first-order valence-corrected chi connectivity index (χ1v) is 10.9. The maximum absolute atomic E-state index is 13.4. The number of pyridine rings is 1. The van der Waals surface area contributed by atoms with Gasteiger partial charge in [-0.25, -0.2) is 24.3 Å². The summed E-state index contributed by atoms with van der Waals surface area (Å²) in [5.74, 6) is 0.188. The minimum Gasteiger partial charge on any atom is -0.383 e. The standard InChI is InChI=1S/C25H19FN8O/c1-25(18-4-2-3-9-28-18)19-20(27)31-21(32-22(19)33-24(25)35)17-13-34-11-10-29-23(34)16(30-17)12-14-5-7-15(26)8-6-14/h2-11,13H,12H2,1H3,(H3,27,31,32,33,35). The van der Waals surface area contributed by atoms with E-state index in [4.69, 9.17) is 10.7 Å². The minimum atomic E-state index is -1.12. The molecule has 0 spiro atoms. The molecule has 0 saturated heterocycles. The van der Waals surface area contributed by atoms with Crippen molar-refractivity contribution >= 4 is 23.2 Å². The number of aromatic nitrogens is 6. The summed E-state index contributed by atoms with van der Waals surface area (Å²) >= 11 is 0. The van der Waals surface area contributed by atoms with Crippen molar-refractivity contribution in [3.63, 3.8) is 0 Å². The molecule has 0 fully saturated rings. The second-order valence-electron chi connectivity index (χ2n) is 8.48. The number of hydrogen-bond donors (Lipinski definition) is 2. The number of amides is 1. The van der Waals surface area contributed by atoms with E-state index in [1.54, 1.807) is 56.0 Å². The third kappa shape index (κ3) is 3.30. The zero-order chi connectivity index (χ0) is 24.2. The van der Waals surface area contributed by atoms with Crippen molar-refractivity contribution in [3.05, 3.63) is 95.6 Å². The van der Waals surface area contributed by atoms with Gasteiger partial charge in [0, 0.05) is 31.2 Å². The number of fused-ring (bicyclic) bond motifs is 2. The number of carbonyl (C=O) groups excluding carboxylic acids is 1. The highest BCUT2D eigenvalue weighted by molar-refractivity contribution is 6.08. The van der Waals surface area contributed by atoms with Gasteiger partial charge in [-0.1, -0.05) is 18.2 Å². The fourth-order valence-electron chi connectivity index (χ4n) is 4.44. The molecule has 35 heavy (non-hydrogen) atoms. The lowest BCUT2D eigenvalue weighted by atomic mass is 9.81. The van der Waals surface area contributed by atoms with Gasteiger partial charge < -0.3 is 15.5 Å². The molecule has 1 unspecified atom stereocenters. The van der Waals surface area contributed by atoms with Crippen molar-refractivity contribution in [2.75, 3.05) is 11.1 Å². The lowest BCUT2D eigenvalue weighted by Crippen LogP contribution is -2.33. The van der Waals surface area contributed by atoms with E-state index in [2.05, 4.69) is 25.3 Å². The Kier molecular flexibility index (Phi) is 4.56. The molecule has 5 aromatic rings. The zero-order valence-corrected chi connectivity index (χ0v) is 18.6. The van der Waals surface area contributed by atoms with E-state index >= 15 is 0 Å². The van der Waals surface area contributed by atoms with Gasteiger partial charge >= 0.3 is 0 Å². The number of nitrogen functional groups attached to an aromatic ring is 1. The molecule has 6 rings (SSSR count). The first-order valence-electron chi connectivity index (χ1n) is 10.9. The Hall–Kier alpha value is -4.73. The third-order valence-corrected chi connectivity index (χ3v) is 6.26. The molecule has 0 aliphatic carbocycles. The predicted octanol–water partition coefficient (Wildman–Crippen LogP) is 3.15.